The van der Waals surface area contributed by atoms with Crippen LogP contribution in [-0.4, -0.2) is 13.1 Å². The third-order valence-electron chi connectivity index (χ3n) is 3.54. The van der Waals surface area contributed by atoms with Crippen LogP contribution in [0.5, 0.6) is 0 Å². The summed E-state index contributed by atoms with van der Waals surface area (Å²) in [5.41, 5.74) is 1.20. The molecule has 98 valence electrons. The fraction of sp³-hybridized carbons (Fsp3) is 0.0556. The fourth-order valence-electron chi connectivity index (χ4n) is 2.54. The van der Waals surface area contributed by atoms with Gasteiger partial charge >= 0.3 is 5.97 Å². The maximum Gasteiger partial charge on any atom is 0.337 e. The van der Waals surface area contributed by atoms with E-state index in [4.69, 9.17) is 4.74 Å². The second kappa shape index (κ2) is 4.82. The van der Waals surface area contributed by atoms with Crippen LogP contribution in [-0.2, 0) is 9.53 Å². The van der Waals surface area contributed by atoms with Gasteiger partial charge in [0.25, 0.3) is 0 Å². The Bertz CT molecular complexity index is 831. The maximum atomic E-state index is 11.7. The molecular formula is C18H14O2. The summed E-state index contributed by atoms with van der Waals surface area (Å²) in [5, 5.41) is 4.48. The van der Waals surface area contributed by atoms with E-state index in [9.17, 15) is 4.79 Å². The molecule has 0 radical (unpaired) electrons. The first-order valence-corrected chi connectivity index (χ1v) is 6.40. The molecule has 2 heteroatoms. The molecule has 3 rings (SSSR count). The topological polar surface area (TPSA) is 26.3 Å². The zero-order valence-corrected chi connectivity index (χ0v) is 11.2. The van der Waals surface area contributed by atoms with Crippen LogP contribution >= 0.6 is 0 Å². The Balaban J connectivity index is 2.33. The summed E-state index contributed by atoms with van der Waals surface area (Å²) >= 11 is 0. The van der Waals surface area contributed by atoms with Crippen LogP contribution in [0.25, 0.3) is 27.1 Å². The van der Waals surface area contributed by atoms with E-state index in [1.807, 2.05) is 30.3 Å². The number of carbonyl (C=O) groups excluding carboxylic acids is 1. The average molecular weight is 262 g/mol. The van der Waals surface area contributed by atoms with Gasteiger partial charge in [-0.2, -0.15) is 0 Å². The van der Waals surface area contributed by atoms with Crippen LogP contribution in [0, 0.1) is 0 Å². The largest absolute Gasteiger partial charge is 0.465 e. The van der Waals surface area contributed by atoms with E-state index in [1.54, 1.807) is 0 Å². The fourth-order valence-corrected chi connectivity index (χ4v) is 2.54. The van der Waals surface area contributed by atoms with E-state index < -0.39 is 5.97 Å². The number of benzene rings is 3. The van der Waals surface area contributed by atoms with Crippen LogP contribution in [0.15, 0.2) is 61.2 Å². The molecule has 0 aromatic heterocycles. The van der Waals surface area contributed by atoms with E-state index in [-0.39, 0.29) is 0 Å². The molecule has 0 amide bonds. The number of fused-ring (bicyclic) bond motifs is 3. The molecule has 0 fully saturated rings. The first-order valence-electron chi connectivity index (χ1n) is 6.40. The van der Waals surface area contributed by atoms with E-state index in [1.165, 1.54) is 17.9 Å². The lowest BCUT2D eigenvalue weighted by Gasteiger charge is -2.10. The van der Waals surface area contributed by atoms with Gasteiger partial charge in [-0.1, -0.05) is 61.2 Å². The minimum atomic E-state index is -0.398. The van der Waals surface area contributed by atoms with Gasteiger partial charge in [0.1, 0.15) is 0 Å². The van der Waals surface area contributed by atoms with Crippen LogP contribution in [0.3, 0.4) is 0 Å². The van der Waals surface area contributed by atoms with Crippen molar-refractivity contribution in [1.82, 2.24) is 0 Å². The molecule has 3 aromatic rings. The number of methoxy groups -OCH3 is 1. The summed E-state index contributed by atoms with van der Waals surface area (Å²) in [4.78, 5) is 11.7. The second-order valence-corrected chi connectivity index (χ2v) is 4.66. The number of esters is 1. The molecule has 0 spiro atoms. The molecule has 0 heterocycles. The summed E-state index contributed by atoms with van der Waals surface area (Å²) < 4.78 is 4.76. The van der Waals surface area contributed by atoms with Gasteiger partial charge in [-0.05, 0) is 27.1 Å². The molecule has 0 atom stereocenters. The average Bonchev–Trinajstić information content (AvgIpc) is 2.52. The molecule has 0 aliphatic carbocycles. The van der Waals surface area contributed by atoms with E-state index >= 15 is 0 Å². The summed E-state index contributed by atoms with van der Waals surface area (Å²) in [5.74, 6) is -0.398. The number of rotatable bonds is 2. The molecule has 20 heavy (non-hydrogen) atoms. The highest BCUT2D eigenvalue weighted by atomic mass is 16.5. The number of hydrogen-bond acceptors (Lipinski definition) is 2. The van der Waals surface area contributed by atoms with Crippen molar-refractivity contribution in [2.24, 2.45) is 0 Å². The molecule has 0 bridgehead atoms. The number of ether oxygens (including phenoxy) is 1. The highest BCUT2D eigenvalue weighted by Crippen LogP contribution is 2.30. The van der Waals surface area contributed by atoms with Crippen LogP contribution in [0.4, 0.5) is 0 Å². The van der Waals surface area contributed by atoms with Gasteiger partial charge in [-0.25, -0.2) is 4.79 Å². The molecular weight excluding hydrogens is 248 g/mol. The summed E-state index contributed by atoms with van der Waals surface area (Å²) in [6, 6.07) is 18.2. The molecule has 0 unspecified atom stereocenters. The van der Waals surface area contributed by atoms with Gasteiger partial charge in [0.15, 0.2) is 0 Å². The van der Waals surface area contributed by atoms with Crippen molar-refractivity contribution in [3.05, 3.63) is 66.7 Å². The summed E-state index contributed by atoms with van der Waals surface area (Å²) in [6.45, 7) is 3.85. The first-order chi connectivity index (χ1) is 9.72. The van der Waals surface area contributed by atoms with Gasteiger partial charge in [0, 0.05) is 0 Å². The number of carbonyl (C=O) groups is 1. The normalized spacial score (nSPS) is 10.7. The third-order valence-corrected chi connectivity index (χ3v) is 3.54. The van der Waals surface area contributed by atoms with Gasteiger partial charge in [-0.3, -0.25) is 0 Å². The SMILES string of the molecule is C=C(C(=O)OC)c1cccc2c1ccc1ccccc12. The smallest absolute Gasteiger partial charge is 0.337 e. The van der Waals surface area contributed by atoms with Crippen molar-refractivity contribution in [2.75, 3.05) is 7.11 Å². The first kappa shape index (κ1) is 12.4. The molecule has 0 saturated carbocycles. The van der Waals surface area contributed by atoms with E-state index in [2.05, 4.69) is 30.8 Å². The van der Waals surface area contributed by atoms with Crippen molar-refractivity contribution in [3.63, 3.8) is 0 Å². The van der Waals surface area contributed by atoms with Gasteiger partial charge in [0.05, 0.1) is 12.7 Å². The summed E-state index contributed by atoms with van der Waals surface area (Å²) in [6.07, 6.45) is 0. The Kier molecular flexibility index (Phi) is 2.99. The zero-order chi connectivity index (χ0) is 14.1. The lowest BCUT2D eigenvalue weighted by atomic mass is 9.95. The predicted octanol–water partition coefficient (Wildman–Crippen LogP) is 4.18. The van der Waals surface area contributed by atoms with Crippen LogP contribution in [0.1, 0.15) is 5.56 Å². The van der Waals surface area contributed by atoms with Crippen molar-refractivity contribution < 1.29 is 9.53 Å². The quantitative estimate of drug-likeness (QED) is 0.393. The van der Waals surface area contributed by atoms with E-state index in [0.717, 1.165) is 16.3 Å². The highest BCUT2D eigenvalue weighted by Gasteiger charge is 2.13. The second-order valence-electron chi connectivity index (χ2n) is 4.66. The Morgan fingerprint density at radius 2 is 1.65 bits per heavy atom. The van der Waals surface area contributed by atoms with Gasteiger partial charge in [0.2, 0.25) is 0 Å². The van der Waals surface area contributed by atoms with Crippen molar-refractivity contribution in [3.8, 4) is 0 Å². The third kappa shape index (κ3) is 1.86. The molecule has 2 nitrogen and oxygen atoms in total. The monoisotopic (exact) mass is 262 g/mol. The maximum absolute atomic E-state index is 11.7. The standard InChI is InChI=1S/C18H14O2/c1-12(18(19)20-2)14-8-5-9-16-15-7-4-3-6-13(15)10-11-17(14)16/h3-11H,1H2,2H3. The van der Waals surface area contributed by atoms with Crippen LogP contribution in [0.2, 0.25) is 0 Å². The minimum absolute atomic E-state index is 0.383. The van der Waals surface area contributed by atoms with Crippen LogP contribution < -0.4 is 0 Å². The van der Waals surface area contributed by atoms with Gasteiger partial charge in [-0.15, -0.1) is 0 Å². The molecule has 0 saturated heterocycles. The predicted molar refractivity (Wildman–Crippen MR) is 82.5 cm³/mol. The Hall–Kier alpha value is -2.61. The Morgan fingerprint density at radius 3 is 2.45 bits per heavy atom. The Morgan fingerprint density at radius 1 is 0.900 bits per heavy atom. The van der Waals surface area contributed by atoms with Crippen molar-refractivity contribution in [2.45, 2.75) is 0 Å². The lowest BCUT2D eigenvalue weighted by molar-refractivity contribution is -0.133. The molecule has 3 aromatic carbocycles. The van der Waals surface area contributed by atoms with Crippen molar-refractivity contribution in [1.29, 1.82) is 0 Å². The Labute approximate surface area is 117 Å². The lowest BCUT2D eigenvalue weighted by Crippen LogP contribution is -2.03. The summed E-state index contributed by atoms with van der Waals surface area (Å²) in [7, 11) is 1.37. The van der Waals surface area contributed by atoms with E-state index in [0.29, 0.717) is 5.57 Å². The van der Waals surface area contributed by atoms with Gasteiger partial charge < -0.3 is 4.74 Å². The minimum Gasteiger partial charge on any atom is -0.465 e. The van der Waals surface area contributed by atoms with Crippen molar-refractivity contribution >= 4 is 33.1 Å². The molecule has 0 aliphatic heterocycles. The molecule has 0 aliphatic rings. The zero-order valence-electron chi connectivity index (χ0n) is 11.2. The highest BCUT2D eigenvalue weighted by molar-refractivity contribution is 6.21. The molecule has 0 N–H and O–H groups in total. The number of hydrogen-bond donors (Lipinski definition) is 0.